The Labute approximate surface area is 478 Å². The van der Waals surface area contributed by atoms with Gasteiger partial charge >= 0.3 is 12.1 Å². The first-order valence-electron chi connectivity index (χ1n) is 28.0. The fourth-order valence-corrected chi connectivity index (χ4v) is 11.6. The number of nitrogens with zero attached hydrogens (tertiary/aromatic N) is 2. The normalized spacial score (nSPS) is 16.7. The van der Waals surface area contributed by atoms with Crippen LogP contribution in [0.25, 0.3) is 0 Å². The average molecular weight is 1130 g/mol. The summed E-state index contributed by atoms with van der Waals surface area (Å²) < 4.78 is 44.6. The van der Waals surface area contributed by atoms with Crippen LogP contribution in [0.1, 0.15) is 74.8 Å². The van der Waals surface area contributed by atoms with E-state index >= 15 is 0 Å². The van der Waals surface area contributed by atoms with Crippen molar-refractivity contribution >= 4 is 39.6 Å². The molecule has 5 aromatic carbocycles. The Morgan fingerprint density at radius 2 is 1.32 bits per heavy atom. The lowest BCUT2D eigenvalue weighted by Gasteiger charge is -2.37. The van der Waals surface area contributed by atoms with Gasteiger partial charge < -0.3 is 56.3 Å². The van der Waals surface area contributed by atoms with Crippen molar-refractivity contribution < 1.29 is 52.0 Å². The number of nitrogens with two attached hydrogens (primary N) is 1. The van der Waals surface area contributed by atoms with E-state index in [1.54, 1.807) is 4.90 Å². The Morgan fingerprint density at radius 1 is 0.753 bits per heavy atom. The molecule has 2 heterocycles. The van der Waals surface area contributed by atoms with Crippen LogP contribution >= 0.6 is 0 Å². The summed E-state index contributed by atoms with van der Waals surface area (Å²) in [5, 5.41) is 34.7. The molecule has 5 aromatic rings. The number of nitrogens with one attached hydrogen (secondary N) is 4. The molecule has 0 unspecified atom stereocenters. The second-order valence-electron chi connectivity index (χ2n) is 21.7. The monoisotopic (exact) mass is 1130 g/mol. The van der Waals surface area contributed by atoms with Crippen LogP contribution < -0.4 is 31.7 Å². The summed E-state index contributed by atoms with van der Waals surface area (Å²) in [5.74, 6) is -0.0367. The first-order chi connectivity index (χ1) is 38.8. The number of para-hydroxylation sites is 1. The van der Waals surface area contributed by atoms with Gasteiger partial charge in [0, 0.05) is 44.3 Å². The molecule has 0 spiro atoms. The van der Waals surface area contributed by atoms with Gasteiger partial charge in [0.2, 0.25) is 15.9 Å². The molecule has 0 saturated carbocycles. The van der Waals surface area contributed by atoms with Crippen LogP contribution in [-0.2, 0) is 48.3 Å². The standard InChI is InChI=1S/C37H48N4O5.C25H35N3O6S/c1-25(2)34(41-20-12-19-38-37(41)45)36(44)39-30(21-28-15-7-5-8-16-28)23-32(42)31(22-29-17-9-6-10-18-29)40-33(43)24-46-35-26(3)13-11-14-27(35)4;1-18(2)15-28(35(31,32)22-10-8-20(26)9-11-22)16-24(29)23(14-19-6-4-3-5-7-19)27-25(30)34-21-12-13-33-17-21/h5-11,13-18,25,30-32,34,42H,12,19-24H2,1-4H3,(H,38,45)(H,39,44)(H,40,43);3-11,18,21,23-24,29H,12-17,26H2,1-2H3,(H,27,30)/t30-,31-,32-,34-;21-,23-,24+/m00/s1. The smallest absolute Gasteiger partial charge is 0.407 e. The zero-order valence-corrected chi connectivity index (χ0v) is 48.4. The lowest BCUT2D eigenvalue weighted by Crippen LogP contribution is -2.59. The van der Waals surface area contributed by atoms with Crippen molar-refractivity contribution in [3.05, 3.63) is 161 Å². The van der Waals surface area contributed by atoms with Gasteiger partial charge in [0.1, 0.15) is 17.9 Å². The third-order valence-electron chi connectivity index (χ3n) is 14.1. The van der Waals surface area contributed by atoms with Crippen molar-refractivity contribution in [1.29, 1.82) is 0 Å². The maximum absolute atomic E-state index is 13.8. The molecule has 2 aliphatic heterocycles. The minimum absolute atomic E-state index is 0.0126. The number of sulfonamides is 1. The Balaban J connectivity index is 0.000000271. The van der Waals surface area contributed by atoms with E-state index < -0.39 is 52.5 Å². The maximum Gasteiger partial charge on any atom is 0.407 e. The molecule has 0 aliphatic carbocycles. The molecule has 5 amide bonds. The Morgan fingerprint density at radius 3 is 1.85 bits per heavy atom. The lowest BCUT2D eigenvalue weighted by atomic mass is 9.92. The van der Waals surface area contributed by atoms with Crippen molar-refractivity contribution in [1.82, 2.24) is 30.5 Å². The molecule has 0 bridgehead atoms. The van der Waals surface area contributed by atoms with E-state index in [1.807, 2.05) is 151 Å². The highest BCUT2D eigenvalue weighted by molar-refractivity contribution is 7.89. The highest BCUT2D eigenvalue weighted by Crippen LogP contribution is 2.24. The fourth-order valence-electron chi connectivity index (χ4n) is 10.0. The molecular weight excluding hydrogens is 1050 g/mol. The number of benzene rings is 5. The van der Waals surface area contributed by atoms with E-state index in [4.69, 9.17) is 19.9 Å². The van der Waals surface area contributed by atoms with E-state index in [1.165, 1.54) is 28.6 Å². The number of aliphatic hydroxyl groups is 2. The minimum atomic E-state index is -3.90. The van der Waals surface area contributed by atoms with Crippen molar-refractivity contribution in [2.45, 2.75) is 127 Å². The SMILES string of the molecule is CC(C)CN(C[C@@H](O)[C@H](Cc1ccccc1)NC(=O)O[C@H]1CCOC1)S(=O)(=O)c1ccc(N)cc1.Cc1cccc(C)c1OCC(=O)N[C@@H](Cc1ccccc1)[C@@H](O)C[C@H](Cc1ccccc1)NC(=O)[C@H](C(C)C)N1CCCNC1=O. The largest absolute Gasteiger partial charge is 0.483 e. The molecule has 2 saturated heterocycles. The van der Waals surface area contributed by atoms with Crippen LogP contribution in [0.4, 0.5) is 15.3 Å². The van der Waals surface area contributed by atoms with Crippen molar-refractivity contribution in [3.8, 4) is 5.75 Å². The van der Waals surface area contributed by atoms with Gasteiger partial charge in [-0.3, -0.25) is 9.59 Å². The van der Waals surface area contributed by atoms with Gasteiger partial charge in [0.25, 0.3) is 5.91 Å². The molecule has 2 aliphatic rings. The second kappa shape index (κ2) is 31.3. The number of rotatable bonds is 26. The number of hydrogen-bond acceptors (Lipinski definition) is 12. The molecule has 19 heteroatoms. The number of carbonyl (C=O) groups excluding carboxylic acids is 4. The minimum Gasteiger partial charge on any atom is -0.483 e. The number of ether oxygens (including phenoxy) is 3. The van der Waals surface area contributed by atoms with Crippen LogP contribution in [0.5, 0.6) is 5.75 Å². The number of nitrogen functional groups attached to an aromatic ring is 1. The second-order valence-corrected chi connectivity index (χ2v) is 23.7. The predicted molar refractivity (Wildman–Crippen MR) is 313 cm³/mol. The van der Waals surface area contributed by atoms with Crippen LogP contribution in [0.15, 0.2) is 138 Å². The highest BCUT2D eigenvalue weighted by atomic mass is 32.2. The van der Waals surface area contributed by atoms with Gasteiger partial charge in [-0.05, 0) is 110 Å². The summed E-state index contributed by atoms with van der Waals surface area (Å²) in [7, 11) is -3.90. The van der Waals surface area contributed by atoms with Gasteiger partial charge in [-0.25, -0.2) is 18.0 Å². The van der Waals surface area contributed by atoms with Crippen molar-refractivity contribution in [2.75, 3.05) is 51.7 Å². The molecule has 438 valence electrons. The zero-order valence-electron chi connectivity index (χ0n) is 47.5. The predicted octanol–water partition coefficient (Wildman–Crippen LogP) is 6.73. The Hall–Kier alpha value is -7.03. The molecule has 7 atom stereocenters. The molecule has 2 fully saturated rings. The van der Waals surface area contributed by atoms with Crippen molar-refractivity contribution in [2.24, 2.45) is 11.8 Å². The van der Waals surface area contributed by atoms with E-state index in [9.17, 15) is 37.8 Å². The third-order valence-corrected chi connectivity index (χ3v) is 16.0. The maximum atomic E-state index is 13.8. The molecule has 0 radical (unpaired) electrons. The quantitative estimate of drug-likeness (QED) is 0.0285. The summed E-state index contributed by atoms with van der Waals surface area (Å²) in [4.78, 5) is 54.0. The number of anilines is 1. The summed E-state index contributed by atoms with van der Waals surface area (Å²) >= 11 is 0. The number of amides is 5. The number of urea groups is 1. The summed E-state index contributed by atoms with van der Waals surface area (Å²) in [6.07, 6.45) is -0.454. The zero-order chi connectivity index (χ0) is 58.5. The van der Waals surface area contributed by atoms with E-state index in [2.05, 4.69) is 21.3 Å². The first kappa shape index (κ1) is 63.2. The fraction of sp³-hybridized carbons (Fsp3) is 0.452. The van der Waals surface area contributed by atoms with Crippen molar-refractivity contribution in [3.63, 3.8) is 0 Å². The number of aryl methyl sites for hydroxylation is 2. The Bertz CT molecular complexity index is 2840. The van der Waals surface area contributed by atoms with Gasteiger partial charge in [0.15, 0.2) is 6.61 Å². The van der Waals surface area contributed by atoms with Gasteiger partial charge in [0.05, 0.1) is 42.4 Å². The average Bonchev–Trinajstić information content (AvgIpc) is 4.03. The van der Waals surface area contributed by atoms with Crippen LogP contribution in [0, 0.1) is 25.7 Å². The van der Waals surface area contributed by atoms with Gasteiger partial charge in [-0.1, -0.05) is 137 Å². The molecule has 81 heavy (non-hydrogen) atoms. The molecule has 8 N–H and O–H groups in total. The van der Waals surface area contributed by atoms with Crippen LogP contribution in [0.2, 0.25) is 0 Å². The highest BCUT2D eigenvalue weighted by Gasteiger charge is 2.36. The van der Waals surface area contributed by atoms with E-state index in [0.717, 1.165) is 34.2 Å². The molecule has 7 rings (SSSR count). The van der Waals surface area contributed by atoms with Gasteiger partial charge in [-0.2, -0.15) is 4.31 Å². The number of alkyl carbamates (subject to hydrolysis) is 1. The summed E-state index contributed by atoms with van der Waals surface area (Å²) in [6, 6.07) is 37.8. The summed E-state index contributed by atoms with van der Waals surface area (Å²) in [5.41, 5.74) is 10.9. The van der Waals surface area contributed by atoms with Crippen LogP contribution in [0.3, 0.4) is 0 Å². The van der Waals surface area contributed by atoms with Crippen LogP contribution in [-0.4, -0.2) is 140 Å². The molecule has 18 nitrogen and oxygen atoms in total. The van der Waals surface area contributed by atoms with Gasteiger partial charge in [-0.15, -0.1) is 0 Å². The topological polar surface area (TPSA) is 251 Å². The third kappa shape index (κ3) is 19.9. The first-order valence-corrected chi connectivity index (χ1v) is 29.4. The number of aliphatic hydroxyl groups excluding tert-OH is 2. The lowest BCUT2D eigenvalue weighted by molar-refractivity contribution is -0.128. The number of hydrogen-bond donors (Lipinski definition) is 7. The summed E-state index contributed by atoms with van der Waals surface area (Å²) in [6.45, 7) is 13.3. The Kier molecular flexibility index (Phi) is 24.4. The number of carbonyl (C=O) groups is 4. The van der Waals surface area contributed by atoms with E-state index in [0.29, 0.717) is 63.4 Å². The van der Waals surface area contributed by atoms with E-state index in [-0.39, 0.29) is 66.8 Å². The molecular formula is C62H83N7O11S. The molecule has 0 aromatic heterocycles.